The second-order valence-corrected chi connectivity index (χ2v) is 8.11. The van der Waals surface area contributed by atoms with Crippen molar-refractivity contribution in [3.05, 3.63) is 115 Å². The van der Waals surface area contributed by atoms with Crippen LogP contribution in [0.2, 0.25) is 0 Å². The monoisotopic (exact) mass is 673 g/mol. The summed E-state index contributed by atoms with van der Waals surface area (Å²) in [7, 11) is 0. The summed E-state index contributed by atoms with van der Waals surface area (Å²) >= 11 is 0. The number of pyridine rings is 2. The van der Waals surface area contributed by atoms with Crippen molar-refractivity contribution in [1.29, 1.82) is 0 Å². The van der Waals surface area contributed by atoms with Gasteiger partial charge in [0, 0.05) is 37.4 Å². The van der Waals surface area contributed by atoms with Gasteiger partial charge in [-0.25, -0.2) is 0 Å². The van der Waals surface area contributed by atoms with E-state index in [-0.39, 0.29) is 25.8 Å². The van der Waals surface area contributed by atoms with Crippen molar-refractivity contribution < 1.29 is 33.3 Å². The molecule has 0 atom stereocenters. The molecule has 0 aliphatic carbocycles. The molecule has 3 aromatic carbocycles. The van der Waals surface area contributed by atoms with Gasteiger partial charge in [0.25, 0.3) is 0 Å². The first-order valence-corrected chi connectivity index (χ1v) is 11.2. The first kappa shape index (κ1) is 26.2. The topological polar surface area (TPSA) is 52.8 Å². The van der Waals surface area contributed by atoms with Crippen molar-refractivity contribution in [3.8, 4) is 22.6 Å². The van der Waals surface area contributed by atoms with Crippen LogP contribution in [0.5, 0.6) is 0 Å². The Bertz CT molecular complexity index is 1640. The number of benzene rings is 3. The van der Waals surface area contributed by atoms with Gasteiger partial charge in [-0.2, -0.15) is 13.2 Å². The van der Waals surface area contributed by atoms with E-state index in [1.54, 1.807) is 18.2 Å². The SMILES string of the molecule is Cc1cc(-c2[c-]ccc3ccccc23)nc2ccccc12.FC(F)(F)c1cc(-c2ccccn2)[n-]n1.[Ir]. The van der Waals surface area contributed by atoms with Crippen molar-refractivity contribution in [2.24, 2.45) is 0 Å². The predicted molar refractivity (Wildman–Crippen MR) is 134 cm³/mol. The first-order chi connectivity index (χ1) is 17.4. The number of para-hydroxylation sites is 1. The van der Waals surface area contributed by atoms with Crippen molar-refractivity contribution in [2.45, 2.75) is 13.1 Å². The fourth-order valence-electron chi connectivity index (χ4n) is 3.92. The van der Waals surface area contributed by atoms with Crippen molar-refractivity contribution in [2.75, 3.05) is 0 Å². The van der Waals surface area contributed by atoms with Crippen LogP contribution in [-0.2, 0) is 26.3 Å². The number of fused-ring (bicyclic) bond motifs is 2. The summed E-state index contributed by atoms with van der Waals surface area (Å²) in [6, 6.07) is 32.0. The third-order valence-corrected chi connectivity index (χ3v) is 5.66. The third-order valence-electron chi connectivity index (χ3n) is 5.66. The number of nitrogens with zero attached hydrogens (tertiary/aromatic N) is 4. The maximum Gasteiger partial charge on any atom is 0.431 e. The minimum Gasteiger partial charge on any atom is -0.573 e. The molecule has 0 amide bonds. The summed E-state index contributed by atoms with van der Waals surface area (Å²) in [6.07, 6.45) is -2.97. The number of aryl methyl sites for hydroxylation is 1. The average Bonchev–Trinajstić information content (AvgIpc) is 3.41. The van der Waals surface area contributed by atoms with Gasteiger partial charge < -0.3 is 10.2 Å². The Balaban J connectivity index is 0.000000178. The summed E-state index contributed by atoms with van der Waals surface area (Å²) in [5, 5.41) is 10.1. The molecule has 0 N–H and O–H groups in total. The van der Waals surface area contributed by atoms with Gasteiger partial charge in [-0.1, -0.05) is 65.7 Å². The van der Waals surface area contributed by atoms with Crippen molar-refractivity contribution in [3.63, 3.8) is 0 Å². The van der Waals surface area contributed by atoms with Crippen molar-refractivity contribution >= 4 is 21.7 Å². The zero-order valence-electron chi connectivity index (χ0n) is 19.5. The fourth-order valence-corrected chi connectivity index (χ4v) is 3.92. The van der Waals surface area contributed by atoms with Crippen LogP contribution in [0.15, 0.2) is 97.2 Å². The molecule has 6 rings (SSSR count). The normalized spacial score (nSPS) is 11.0. The van der Waals surface area contributed by atoms with E-state index in [4.69, 9.17) is 4.98 Å². The van der Waals surface area contributed by atoms with Gasteiger partial charge in [-0.3, -0.25) is 9.97 Å². The maximum atomic E-state index is 12.2. The molecule has 0 bridgehead atoms. The number of hydrogen-bond acceptors (Lipinski definition) is 3. The Morgan fingerprint density at radius 2 is 1.54 bits per heavy atom. The first-order valence-electron chi connectivity index (χ1n) is 11.2. The molecule has 0 aliphatic rings. The van der Waals surface area contributed by atoms with E-state index < -0.39 is 11.9 Å². The van der Waals surface area contributed by atoms with Gasteiger partial charge in [-0.15, -0.1) is 29.1 Å². The molecular formula is C29H19F3IrN4-2. The summed E-state index contributed by atoms with van der Waals surface area (Å²) < 4.78 is 36.6. The summed E-state index contributed by atoms with van der Waals surface area (Å²) in [5.74, 6) is 0. The molecule has 8 heteroatoms. The predicted octanol–water partition coefficient (Wildman–Crippen LogP) is 7.28. The van der Waals surface area contributed by atoms with Gasteiger partial charge in [0.05, 0.1) is 5.52 Å². The van der Waals surface area contributed by atoms with Crippen molar-refractivity contribution in [1.82, 2.24) is 20.2 Å². The van der Waals surface area contributed by atoms with E-state index in [9.17, 15) is 13.2 Å². The summed E-state index contributed by atoms with van der Waals surface area (Å²) in [6.45, 7) is 2.14. The zero-order chi connectivity index (χ0) is 25.1. The maximum absolute atomic E-state index is 12.2. The van der Waals surface area contributed by atoms with Crippen LogP contribution >= 0.6 is 0 Å². The molecule has 3 aromatic heterocycles. The molecule has 3 heterocycles. The number of rotatable bonds is 2. The summed E-state index contributed by atoms with van der Waals surface area (Å²) in [5.41, 5.74) is 3.85. The second-order valence-electron chi connectivity index (χ2n) is 8.11. The zero-order valence-corrected chi connectivity index (χ0v) is 21.9. The Morgan fingerprint density at radius 1 is 0.811 bits per heavy atom. The van der Waals surface area contributed by atoms with E-state index in [1.165, 1.54) is 27.9 Å². The number of alkyl halides is 3. The van der Waals surface area contributed by atoms with E-state index in [0.717, 1.165) is 22.8 Å². The quantitative estimate of drug-likeness (QED) is 0.182. The number of hydrogen-bond donors (Lipinski definition) is 0. The Kier molecular flexibility index (Phi) is 7.81. The van der Waals surface area contributed by atoms with Crippen LogP contribution in [0.3, 0.4) is 0 Å². The Morgan fingerprint density at radius 3 is 2.27 bits per heavy atom. The fraction of sp³-hybridized carbons (Fsp3) is 0.0690. The van der Waals surface area contributed by atoms with E-state index in [2.05, 4.69) is 82.8 Å². The summed E-state index contributed by atoms with van der Waals surface area (Å²) in [4.78, 5) is 8.70. The van der Waals surface area contributed by atoms with Crippen LogP contribution in [0, 0.1) is 13.0 Å². The minimum atomic E-state index is -4.46. The van der Waals surface area contributed by atoms with Crippen LogP contribution in [0.1, 0.15) is 11.3 Å². The number of halogens is 3. The molecule has 0 fully saturated rings. The molecule has 0 spiro atoms. The van der Waals surface area contributed by atoms with Gasteiger partial charge in [0.2, 0.25) is 0 Å². The van der Waals surface area contributed by atoms with Crippen LogP contribution in [0.4, 0.5) is 13.2 Å². The third kappa shape index (κ3) is 5.76. The van der Waals surface area contributed by atoms with Gasteiger partial charge in [0.15, 0.2) is 0 Å². The Labute approximate surface area is 225 Å². The standard InChI is InChI=1S/C20H14N.C9H5F3N3.Ir/c1-14-13-20(21-19-12-5-4-9-16(14)19)18-11-6-8-15-7-2-3-10-17(15)18;10-9(11,12)8-5-7(14-15-8)6-3-1-2-4-13-6;/h2-10,12-13H,1H3;1-5H;/q2*-1;. The molecular weight excluding hydrogens is 654 g/mol. The second kappa shape index (κ2) is 11.0. The molecule has 37 heavy (non-hydrogen) atoms. The van der Waals surface area contributed by atoms with E-state index >= 15 is 0 Å². The molecule has 0 unspecified atom stereocenters. The molecule has 1 radical (unpaired) electrons. The van der Waals surface area contributed by atoms with E-state index in [1.807, 2.05) is 12.1 Å². The van der Waals surface area contributed by atoms with Crippen LogP contribution in [0.25, 0.3) is 44.3 Å². The number of aromatic nitrogens is 4. The molecule has 187 valence electrons. The Hall–Kier alpha value is -3.87. The van der Waals surface area contributed by atoms with Crippen LogP contribution in [-0.4, -0.2) is 15.1 Å². The van der Waals surface area contributed by atoms with Gasteiger partial charge >= 0.3 is 6.18 Å². The average molecular weight is 673 g/mol. The van der Waals surface area contributed by atoms with Gasteiger partial charge in [-0.05, 0) is 42.4 Å². The van der Waals surface area contributed by atoms with E-state index in [0.29, 0.717) is 5.69 Å². The molecule has 0 saturated heterocycles. The largest absolute Gasteiger partial charge is 0.573 e. The minimum absolute atomic E-state index is 0. The molecule has 6 aromatic rings. The smallest absolute Gasteiger partial charge is 0.431 e. The van der Waals surface area contributed by atoms with Crippen LogP contribution < -0.4 is 5.10 Å². The molecule has 4 nitrogen and oxygen atoms in total. The molecule has 0 aliphatic heterocycles. The van der Waals surface area contributed by atoms with Gasteiger partial charge in [0.1, 0.15) is 5.69 Å². The molecule has 0 saturated carbocycles.